The second-order valence-electron chi connectivity index (χ2n) is 11.9. The quantitative estimate of drug-likeness (QED) is 0.207. The minimum Gasteiger partial charge on any atom is -0.496 e. The Morgan fingerprint density at radius 2 is 1.58 bits per heavy atom. The molecule has 43 heavy (non-hydrogen) atoms. The van der Waals surface area contributed by atoms with Crippen LogP contribution in [0.1, 0.15) is 73.1 Å². The average molecular weight is 582 g/mol. The number of amides is 1. The molecule has 5 rings (SSSR count). The van der Waals surface area contributed by atoms with Gasteiger partial charge < -0.3 is 18.9 Å². The van der Waals surface area contributed by atoms with Gasteiger partial charge in [-0.3, -0.25) is 4.90 Å². The number of hydrogen-bond donors (Lipinski definition) is 0. The Hall–Kier alpha value is -4.52. The lowest BCUT2D eigenvalue weighted by atomic mass is 9.82. The van der Waals surface area contributed by atoms with Crippen LogP contribution in [0.5, 0.6) is 11.5 Å². The van der Waals surface area contributed by atoms with Crippen molar-refractivity contribution < 1.29 is 28.5 Å². The van der Waals surface area contributed by atoms with Crippen molar-refractivity contribution in [3.8, 4) is 11.5 Å². The van der Waals surface area contributed by atoms with Crippen molar-refractivity contribution in [3.63, 3.8) is 0 Å². The predicted octanol–water partition coefficient (Wildman–Crippen LogP) is 7.92. The predicted molar refractivity (Wildman–Crippen MR) is 167 cm³/mol. The molecule has 0 saturated carbocycles. The van der Waals surface area contributed by atoms with Crippen molar-refractivity contribution in [2.75, 3.05) is 20.8 Å². The van der Waals surface area contributed by atoms with Gasteiger partial charge in [-0.05, 0) is 62.6 Å². The molecule has 1 amide bonds. The summed E-state index contributed by atoms with van der Waals surface area (Å²) in [7, 11) is 2.92. The number of methoxy groups -OCH3 is 2. The van der Waals surface area contributed by atoms with E-state index in [1.54, 1.807) is 18.1 Å². The van der Waals surface area contributed by atoms with Crippen LogP contribution in [0.4, 0.5) is 4.79 Å². The molecule has 1 heterocycles. The number of carbonyl (C=O) groups is 2. The molecule has 4 aromatic rings. The molecule has 1 aliphatic heterocycles. The Kier molecular flexibility index (Phi) is 8.62. The molecule has 4 aromatic carbocycles. The highest BCUT2D eigenvalue weighted by molar-refractivity contribution is 5.93. The summed E-state index contributed by atoms with van der Waals surface area (Å²) in [4.78, 5) is 28.2. The molecule has 224 valence electrons. The zero-order chi connectivity index (χ0) is 30.7. The second kappa shape index (κ2) is 12.4. The summed E-state index contributed by atoms with van der Waals surface area (Å²) in [5, 5.41) is 2.19. The van der Waals surface area contributed by atoms with E-state index in [-0.39, 0.29) is 18.1 Å². The van der Waals surface area contributed by atoms with E-state index in [2.05, 4.69) is 24.3 Å². The van der Waals surface area contributed by atoms with E-state index in [0.717, 1.165) is 33.2 Å². The average Bonchev–Trinajstić information content (AvgIpc) is 3.00. The number of benzene rings is 4. The fourth-order valence-corrected chi connectivity index (χ4v) is 5.94. The monoisotopic (exact) mass is 581 g/mol. The van der Waals surface area contributed by atoms with Crippen molar-refractivity contribution in [3.05, 3.63) is 107 Å². The van der Waals surface area contributed by atoms with Crippen LogP contribution in [0.15, 0.2) is 84.9 Å². The third kappa shape index (κ3) is 6.31. The van der Waals surface area contributed by atoms with Gasteiger partial charge in [-0.2, -0.15) is 0 Å². The molecular formula is C36H39NO6. The Labute approximate surface area is 253 Å². The zero-order valence-electron chi connectivity index (χ0n) is 25.6. The normalized spacial score (nSPS) is 16.9. The highest BCUT2D eigenvalue weighted by Crippen LogP contribution is 2.45. The van der Waals surface area contributed by atoms with Gasteiger partial charge in [0.15, 0.2) is 0 Å². The lowest BCUT2D eigenvalue weighted by Crippen LogP contribution is -2.45. The van der Waals surface area contributed by atoms with Crippen LogP contribution in [-0.2, 0) is 9.47 Å². The molecule has 0 bridgehead atoms. The maximum Gasteiger partial charge on any atom is 0.410 e. The summed E-state index contributed by atoms with van der Waals surface area (Å²) >= 11 is 0. The number of esters is 1. The van der Waals surface area contributed by atoms with Gasteiger partial charge in [-0.1, -0.05) is 72.8 Å². The van der Waals surface area contributed by atoms with Gasteiger partial charge in [-0.25, -0.2) is 9.59 Å². The number of para-hydroxylation sites is 2. The second-order valence-corrected chi connectivity index (χ2v) is 11.9. The van der Waals surface area contributed by atoms with E-state index in [1.807, 2.05) is 82.3 Å². The molecule has 7 heteroatoms. The summed E-state index contributed by atoms with van der Waals surface area (Å²) in [5.41, 5.74) is 2.58. The summed E-state index contributed by atoms with van der Waals surface area (Å²) < 4.78 is 23.3. The first-order chi connectivity index (χ1) is 20.6. The van der Waals surface area contributed by atoms with Crippen molar-refractivity contribution in [2.24, 2.45) is 0 Å². The van der Waals surface area contributed by atoms with E-state index < -0.39 is 17.7 Å². The molecule has 7 nitrogen and oxygen atoms in total. The van der Waals surface area contributed by atoms with Gasteiger partial charge in [-0.15, -0.1) is 0 Å². The molecule has 0 fully saturated rings. The largest absolute Gasteiger partial charge is 0.496 e. The maximum atomic E-state index is 13.8. The smallest absolute Gasteiger partial charge is 0.410 e. The summed E-state index contributed by atoms with van der Waals surface area (Å²) in [5.74, 6) is 0.595. The maximum absolute atomic E-state index is 13.8. The molecule has 1 aliphatic rings. The number of ether oxygens (including phenoxy) is 4. The van der Waals surface area contributed by atoms with Crippen molar-refractivity contribution in [1.82, 2.24) is 4.90 Å². The first-order valence-corrected chi connectivity index (χ1v) is 14.6. The molecule has 0 N–H and O–H groups in total. The van der Waals surface area contributed by atoms with Crippen LogP contribution in [-0.4, -0.2) is 49.4 Å². The number of fused-ring (bicyclic) bond motifs is 2. The number of nitrogens with zero attached hydrogens (tertiary/aromatic N) is 1. The van der Waals surface area contributed by atoms with E-state index in [1.165, 1.54) is 7.11 Å². The topological polar surface area (TPSA) is 74.3 Å². The Morgan fingerprint density at radius 1 is 0.907 bits per heavy atom. The number of hydrogen-bond acceptors (Lipinski definition) is 6. The first-order valence-electron chi connectivity index (χ1n) is 14.6. The molecule has 0 aliphatic carbocycles. The van der Waals surface area contributed by atoms with Crippen molar-refractivity contribution in [1.29, 1.82) is 0 Å². The van der Waals surface area contributed by atoms with Gasteiger partial charge in [0, 0.05) is 17.0 Å². The molecule has 0 aromatic heterocycles. The van der Waals surface area contributed by atoms with E-state index in [0.29, 0.717) is 24.3 Å². The highest BCUT2D eigenvalue weighted by atomic mass is 16.6. The van der Waals surface area contributed by atoms with Gasteiger partial charge >= 0.3 is 12.1 Å². The van der Waals surface area contributed by atoms with Gasteiger partial charge in [0.25, 0.3) is 0 Å². The SMILES string of the molecule is COC(=O)c1cccc(C2CC(CN(C(=O)OC(C)(C)C)C(C)c3cccc4ccccc34)Oc3ccccc32)c1OC. The minimum atomic E-state index is -0.669. The van der Waals surface area contributed by atoms with Crippen LogP contribution < -0.4 is 9.47 Å². The third-order valence-corrected chi connectivity index (χ3v) is 7.89. The van der Waals surface area contributed by atoms with Crippen LogP contribution in [0.2, 0.25) is 0 Å². The van der Waals surface area contributed by atoms with Crippen molar-refractivity contribution >= 4 is 22.8 Å². The van der Waals surface area contributed by atoms with Crippen molar-refractivity contribution in [2.45, 2.75) is 57.8 Å². The van der Waals surface area contributed by atoms with Gasteiger partial charge in [0.05, 0.1) is 26.8 Å². The van der Waals surface area contributed by atoms with Gasteiger partial charge in [0.1, 0.15) is 28.8 Å². The molecular weight excluding hydrogens is 542 g/mol. The van der Waals surface area contributed by atoms with Crippen LogP contribution in [0.25, 0.3) is 10.8 Å². The number of carbonyl (C=O) groups excluding carboxylic acids is 2. The lowest BCUT2D eigenvalue weighted by molar-refractivity contribution is 0.00566. The minimum absolute atomic E-state index is 0.150. The molecule has 0 saturated heterocycles. The van der Waals surface area contributed by atoms with Crippen LogP contribution in [0.3, 0.4) is 0 Å². The Morgan fingerprint density at radius 3 is 2.33 bits per heavy atom. The fourth-order valence-electron chi connectivity index (χ4n) is 5.94. The molecule has 0 radical (unpaired) electrons. The fraction of sp³-hybridized carbons (Fsp3) is 0.333. The summed E-state index contributed by atoms with van der Waals surface area (Å²) in [6, 6.07) is 27.4. The summed E-state index contributed by atoms with van der Waals surface area (Å²) in [6.45, 7) is 7.94. The number of rotatable bonds is 7. The first kappa shape index (κ1) is 30.0. The summed E-state index contributed by atoms with van der Waals surface area (Å²) in [6.07, 6.45) is -0.215. The van der Waals surface area contributed by atoms with E-state index >= 15 is 0 Å². The van der Waals surface area contributed by atoms with E-state index in [4.69, 9.17) is 18.9 Å². The highest BCUT2D eigenvalue weighted by Gasteiger charge is 2.36. The zero-order valence-corrected chi connectivity index (χ0v) is 25.6. The lowest BCUT2D eigenvalue weighted by Gasteiger charge is -2.38. The third-order valence-electron chi connectivity index (χ3n) is 7.89. The standard InChI is InChI=1S/C36H39NO6/c1-23(26-17-11-14-24-13-7-8-15-27(24)26)37(35(39)43-36(2,3)4)22-25-21-31(28-16-9-10-20-32(28)42-25)29-18-12-19-30(33(29)40-5)34(38)41-6/h7-20,23,25,31H,21-22H2,1-6H3. The van der Waals surface area contributed by atoms with E-state index in [9.17, 15) is 9.59 Å². The van der Waals surface area contributed by atoms with Crippen LogP contribution >= 0.6 is 0 Å². The van der Waals surface area contributed by atoms with Gasteiger partial charge in [0.2, 0.25) is 0 Å². The Bertz CT molecular complexity index is 1620. The molecule has 0 spiro atoms. The molecule has 3 unspecified atom stereocenters. The van der Waals surface area contributed by atoms with Crippen LogP contribution in [0, 0.1) is 0 Å². The Balaban J connectivity index is 1.54. The molecule has 3 atom stereocenters.